The zero-order chi connectivity index (χ0) is 13.8. The molecule has 19 heavy (non-hydrogen) atoms. The number of anilines is 1. The molecule has 0 bridgehead atoms. The number of rotatable bonds is 3. The van der Waals surface area contributed by atoms with Gasteiger partial charge in [-0.15, -0.1) is 11.3 Å². The van der Waals surface area contributed by atoms with Crippen molar-refractivity contribution in [3.63, 3.8) is 0 Å². The Hall–Kier alpha value is -1.54. The van der Waals surface area contributed by atoms with Gasteiger partial charge in [0.2, 0.25) is 0 Å². The Balaban J connectivity index is 2.24. The molecule has 1 aliphatic carbocycles. The molecule has 0 spiro atoms. The molecular weight excluding hydrogens is 260 g/mol. The van der Waals surface area contributed by atoms with E-state index in [1.807, 2.05) is 0 Å². The fraction of sp³-hybridized carbons (Fsp3) is 0.571. The van der Waals surface area contributed by atoms with Gasteiger partial charge in [-0.05, 0) is 37.7 Å². The predicted molar refractivity (Wildman–Crippen MR) is 75.5 cm³/mol. The van der Waals surface area contributed by atoms with Gasteiger partial charge in [-0.1, -0.05) is 13.3 Å². The first-order chi connectivity index (χ1) is 9.19. The summed E-state index contributed by atoms with van der Waals surface area (Å²) in [5.74, 6) is 0.702. The third-order valence-electron chi connectivity index (χ3n) is 3.55. The van der Waals surface area contributed by atoms with Crippen LogP contribution in [-0.4, -0.2) is 12.7 Å². The molecule has 0 saturated heterocycles. The Morgan fingerprint density at radius 2 is 2.37 bits per heavy atom. The second kappa shape index (κ2) is 6.07. The monoisotopic (exact) mass is 278 g/mol. The highest BCUT2D eigenvalue weighted by atomic mass is 32.1. The lowest BCUT2D eigenvalue weighted by Gasteiger charge is -2.20. The van der Waals surface area contributed by atoms with Crippen molar-refractivity contribution in [2.75, 3.05) is 11.9 Å². The Morgan fingerprint density at radius 1 is 1.58 bits per heavy atom. The van der Waals surface area contributed by atoms with Crippen LogP contribution >= 0.6 is 11.3 Å². The number of fused-ring (bicyclic) bond motifs is 1. The highest BCUT2D eigenvalue weighted by Gasteiger charge is 2.25. The maximum absolute atomic E-state index is 11.5. The van der Waals surface area contributed by atoms with E-state index in [1.54, 1.807) is 6.92 Å². The summed E-state index contributed by atoms with van der Waals surface area (Å²) in [6.07, 6.45) is 3.78. The van der Waals surface area contributed by atoms with Crippen LogP contribution in [0.2, 0.25) is 0 Å². The smallest absolute Gasteiger partial charge is 0.412 e. The van der Waals surface area contributed by atoms with Crippen molar-refractivity contribution >= 4 is 22.4 Å². The normalized spacial score (nSPS) is 17.4. The van der Waals surface area contributed by atoms with E-state index in [2.05, 4.69) is 18.3 Å². The van der Waals surface area contributed by atoms with Crippen LogP contribution in [0.4, 0.5) is 9.80 Å². The van der Waals surface area contributed by atoms with Gasteiger partial charge in [-0.2, -0.15) is 5.26 Å². The second-order valence-electron chi connectivity index (χ2n) is 4.68. The van der Waals surface area contributed by atoms with E-state index in [9.17, 15) is 10.1 Å². The van der Waals surface area contributed by atoms with Crippen LogP contribution in [0.1, 0.15) is 42.7 Å². The predicted octanol–water partition coefficient (Wildman–Crippen LogP) is 3.70. The lowest BCUT2D eigenvalue weighted by Crippen LogP contribution is -2.13. The van der Waals surface area contributed by atoms with Crippen molar-refractivity contribution in [3.05, 3.63) is 16.0 Å². The van der Waals surface area contributed by atoms with E-state index in [4.69, 9.17) is 4.74 Å². The lowest BCUT2D eigenvalue weighted by atomic mass is 9.86. The van der Waals surface area contributed by atoms with Gasteiger partial charge < -0.3 is 4.74 Å². The number of nitrogens with zero attached hydrogens (tertiary/aromatic N) is 1. The van der Waals surface area contributed by atoms with Gasteiger partial charge in [0.05, 0.1) is 12.2 Å². The minimum absolute atomic E-state index is 0.330. The molecular formula is C14H18N2O2S. The van der Waals surface area contributed by atoms with Gasteiger partial charge in [0.25, 0.3) is 0 Å². The maximum Gasteiger partial charge on any atom is 0.412 e. The molecule has 1 aromatic rings. The molecule has 1 atom stereocenters. The first kappa shape index (κ1) is 13.9. The highest BCUT2D eigenvalue weighted by Crippen LogP contribution is 2.39. The summed E-state index contributed by atoms with van der Waals surface area (Å²) in [5, 5.41) is 12.6. The fourth-order valence-electron chi connectivity index (χ4n) is 2.47. The standard InChI is InChI=1S/C14H18N2O2S/c1-3-9-5-6-10-11(8-15)13(19-12(10)7-9)16-14(17)18-4-2/h9H,3-7H2,1-2H3,(H,16,17)/t9-/m0/s1. The molecule has 1 amide bonds. The third-order valence-corrected chi connectivity index (χ3v) is 4.72. The topological polar surface area (TPSA) is 62.1 Å². The molecule has 1 heterocycles. The SMILES string of the molecule is CCOC(=O)Nc1sc2c(c1C#N)CC[C@H](CC)C2. The Labute approximate surface area is 117 Å². The van der Waals surface area contributed by atoms with Gasteiger partial charge in [0.1, 0.15) is 11.1 Å². The molecule has 0 aliphatic heterocycles. The third kappa shape index (κ3) is 2.90. The highest BCUT2D eigenvalue weighted by molar-refractivity contribution is 7.16. The molecule has 1 N–H and O–H groups in total. The van der Waals surface area contributed by atoms with Crippen LogP contribution < -0.4 is 5.32 Å². The number of nitrogens with one attached hydrogen (secondary N) is 1. The number of ether oxygens (including phenoxy) is 1. The Bertz CT molecular complexity index is 516. The summed E-state index contributed by atoms with van der Waals surface area (Å²) in [6, 6.07) is 2.22. The summed E-state index contributed by atoms with van der Waals surface area (Å²) < 4.78 is 4.87. The minimum atomic E-state index is -0.482. The first-order valence-corrected chi connectivity index (χ1v) is 7.49. The van der Waals surface area contributed by atoms with Gasteiger partial charge in [-0.3, -0.25) is 5.32 Å². The van der Waals surface area contributed by atoms with Gasteiger partial charge in [0, 0.05) is 4.88 Å². The zero-order valence-corrected chi connectivity index (χ0v) is 12.1. The molecule has 0 radical (unpaired) electrons. The molecule has 0 aromatic carbocycles. The first-order valence-electron chi connectivity index (χ1n) is 6.67. The molecule has 4 nitrogen and oxygen atoms in total. The number of carbonyl (C=O) groups is 1. The van der Waals surface area contributed by atoms with Crippen LogP contribution in [0.15, 0.2) is 0 Å². The maximum atomic E-state index is 11.5. The van der Waals surface area contributed by atoms with Gasteiger partial charge in [-0.25, -0.2) is 4.79 Å². The van der Waals surface area contributed by atoms with Crippen molar-refractivity contribution in [1.29, 1.82) is 5.26 Å². The van der Waals surface area contributed by atoms with Crippen molar-refractivity contribution in [1.82, 2.24) is 0 Å². The van der Waals surface area contributed by atoms with Gasteiger partial charge in [0.15, 0.2) is 0 Å². The summed E-state index contributed by atoms with van der Waals surface area (Å²) in [7, 11) is 0. The number of amides is 1. The number of carbonyl (C=O) groups excluding carboxylic acids is 1. The van der Waals surface area contributed by atoms with Crippen molar-refractivity contribution in [3.8, 4) is 6.07 Å². The van der Waals surface area contributed by atoms with Crippen molar-refractivity contribution < 1.29 is 9.53 Å². The summed E-state index contributed by atoms with van der Waals surface area (Å²) >= 11 is 1.53. The molecule has 2 rings (SSSR count). The minimum Gasteiger partial charge on any atom is -0.450 e. The van der Waals surface area contributed by atoms with E-state index < -0.39 is 6.09 Å². The van der Waals surface area contributed by atoms with Crippen LogP contribution in [0.3, 0.4) is 0 Å². The van der Waals surface area contributed by atoms with Crippen LogP contribution in [0.5, 0.6) is 0 Å². The zero-order valence-electron chi connectivity index (χ0n) is 11.3. The van der Waals surface area contributed by atoms with Crippen LogP contribution in [0, 0.1) is 17.2 Å². The summed E-state index contributed by atoms with van der Waals surface area (Å²) in [6.45, 7) is 4.29. The van der Waals surface area contributed by atoms with Gasteiger partial charge >= 0.3 is 6.09 Å². The van der Waals surface area contributed by atoms with Crippen LogP contribution in [-0.2, 0) is 17.6 Å². The number of hydrogen-bond donors (Lipinski definition) is 1. The van der Waals surface area contributed by atoms with E-state index in [1.165, 1.54) is 22.6 Å². The Morgan fingerprint density at radius 3 is 3.00 bits per heavy atom. The van der Waals surface area contributed by atoms with E-state index in [-0.39, 0.29) is 0 Å². The number of nitriles is 1. The number of thiophene rings is 1. The quantitative estimate of drug-likeness (QED) is 0.917. The molecule has 102 valence electrons. The average molecular weight is 278 g/mol. The Kier molecular flexibility index (Phi) is 4.43. The molecule has 1 aromatic heterocycles. The van der Waals surface area contributed by atoms with E-state index in [0.29, 0.717) is 23.1 Å². The molecule has 1 aliphatic rings. The van der Waals surface area contributed by atoms with E-state index in [0.717, 1.165) is 24.8 Å². The largest absolute Gasteiger partial charge is 0.450 e. The summed E-state index contributed by atoms with van der Waals surface area (Å²) in [4.78, 5) is 12.7. The molecule has 0 fully saturated rings. The number of hydrogen-bond acceptors (Lipinski definition) is 4. The molecule has 0 unspecified atom stereocenters. The lowest BCUT2D eigenvalue weighted by molar-refractivity contribution is 0.168. The fourth-order valence-corrected chi connectivity index (χ4v) is 3.77. The molecule has 0 saturated carbocycles. The average Bonchev–Trinajstić information content (AvgIpc) is 2.74. The van der Waals surface area contributed by atoms with Crippen molar-refractivity contribution in [2.45, 2.75) is 39.5 Å². The molecule has 5 heteroatoms. The summed E-state index contributed by atoms with van der Waals surface area (Å²) in [5.41, 5.74) is 1.76. The second-order valence-corrected chi connectivity index (χ2v) is 5.79. The van der Waals surface area contributed by atoms with E-state index >= 15 is 0 Å². The van der Waals surface area contributed by atoms with Crippen molar-refractivity contribution in [2.24, 2.45) is 5.92 Å². The van der Waals surface area contributed by atoms with Crippen LogP contribution in [0.25, 0.3) is 0 Å².